The Morgan fingerprint density at radius 2 is 2.50 bits per heavy atom. The Kier molecular flexibility index (Phi) is 2.15. The Hall–Kier alpha value is -1.52. The van der Waals surface area contributed by atoms with E-state index in [1.165, 1.54) is 20.0 Å². The van der Waals surface area contributed by atoms with Crippen molar-refractivity contribution in [1.29, 1.82) is 0 Å². The van der Waals surface area contributed by atoms with Gasteiger partial charge in [-0.25, -0.2) is 4.79 Å². The number of nitrogens with two attached hydrogens (primary N) is 1. The fraction of sp³-hybridized carbons (Fsp3) is 0.556. The summed E-state index contributed by atoms with van der Waals surface area (Å²) in [5.41, 5.74) is 6.23. The van der Waals surface area contributed by atoms with Gasteiger partial charge in [0.1, 0.15) is 0 Å². The molecule has 0 aromatic carbocycles. The van der Waals surface area contributed by atoms with Crippen LogP contribution < -0.4 is 5.73 Å². The van der Waals surface area contributed by atoms with Crippen molar-refractivity contribution in [2.75, 3.05) is 12.8 Å². The smallest absolute Gasteiger partial charge is 0.360 e. The first-order chi connectivity index (χ1) is 6.70. The Morgan fingerprint density at radius 1 is 1.79 bits per heavy atom. The van der Waals surface area contributed by atoms with Gasteiger partial charge in [-0.2, -0.15) is 5.10 Å². The number of rotatable bonds is 3. The van der Waals surface area contributed by atoms with Crippen LogP contribution in [0.1, 0.15) is 23.3 Å². The number of nitrogens with zero attached hydrogens (tertiary/aromatic N) is 2. The summed E-state index contributed by atoms with van der Waals surface area (Å²) in [4.78, 5) is 11.2. The minimum Gasteiger partial charge on any atom is -0.464 e. The lowest BCUT2D eigenvalue weighted by Gasteiger charge is -1.96. The number of nitrogen functional groups attached to an aromatic ring is 1. The van der Waals surface area contributed by atoms with Crippen LogP contribution in [0.3, 0.4) is 0 Å². The van der Waals surface area contributed by atoms with Crippen LogP contribution in [0.25, 0.3) is 0 Å². The van der Waals surface area contributed by atoms with Gasteiger partial charge in [-0.15, -0.1) is 0 Å². The quantitative estimate of drug-likeness (QED) is 0.719. The highest BCUT2D eigenvalue weighted by Gasteiger charge is 2.23. The lowest BCUT2D eigenvalue weighted by molar-refractivity contribution is 0.0594. The van der Waals surface area contributed by atoms with E-state index in [-0.39, 0.29) is 5.69 Å². The molecule has 1 aliphatic carbocycles. The van der Waals surface area contributed by atoms with Crippen LogP contribution in [0, 0.1) is 5.92 Å². The topological polar surface area (TPSA) is 70.1 Å². The summed E-state index contributed by atoms with van der Waals surface area (Å²) in [5.74, 6) is 0.233. The van der Waals surface area contributed by atoms with Crippen LogP contribution in [0.2, 0.25) is 0 Å². The van der Waals surface area contributed by atoms with Crippen molar-refractivity contribution in [3.63, 3.8) is 0 Å². The zero-order valence-electron chi connectivity index (χ0n) is 8.06. The predicted octanol–water partition coefficient (Wildman–Crippen LogP) is 0.662. The molecule has 0 amide bonds. The molecule has 0 unspecified atom stereocenters. The SMILES string of the molecule is COC(=O)c1nn(CC2CC2)cc1N. The molecule has 5 nitrogen and oxygen atoms in total. The van der Waals surface area contributed by atoms with Crippen LogP contribution in [0.5, 0.6) is 0 Å². The largest absolute Gasteiger partial charge is 0.464 e. The molecule has 14 heavy (non-hydrogen) atoms. The first-order valence-corrected chi connectivity index (χ1v) is 4.62. The number of hydrogen-bond donors (Lipinski definition) is 1. The van der Waals surface area contributed by atoms with Crippen molar-refractivity contribution in [3.05, 3.63) is 11.9 Å². The third-order valence-electron chi connectivity index (χ3n) is 2.31. The minimum absolute atomic E-state index is 0.216. The Morgan fingerprint density at radius 3 is 3.07 bits per heavy atom. The zero-order valence-corrected chi connectivity index (χ0v) is 8.06. The second-order valence-corrected chi connectivity index (χ2v) is 3.59. The molecule has 1 heterocycles. The number of anilines is 1. The average molecular weight is 195 g/mol. The van der Waals surface area contributed by atoms with Gasteiger partial charge in [0.2, 0.25) is 0 Å². The van der Waals surface area contributed by atoms with Crippen LogP contribution in [0.4, 0.5) is 5.69 Å². The maximum absolute atomic E-state index is 11.2. The van der Waals surface area contributed by atoms with Gasteiger partial charge in [0.15, 0.2) is 5.69 Å². The van der Waals surface area contributed by atoms with Gasteiger partial charge in [0.05, 0.1) is 12.8 Å². The number of methoxy groups -OCH3 is 1. The summed E-state index contributed by atoms with van der Waals surface area (Å²) in [7, 11) is 1.32. The van der Waals surface area contributed by atoms with Gasteiger partial charge in [-0.3, -0.25) is 4.68 Å². The molecule has 2 rings (SSSR count). The number of carbonyl (C=O) groups is 1. The van der Waals surface area contributed by atoms with E-state index in [0.29, 0.717) is 11.6 Å². The van der Waals surface area contributed by atoms with E-state index >= 15 is 0 Å². The highest BCUT2D eigenvalue weighted by molar-refractivity contribution is 5.92. The van der Waals surface area contributed by atoms with E-state index in [2.05, 4.69) is 9.84 Å². The molecule has 0 bridgehead atoms. The first-order valence-electron chi connectivity index (χ1n) is 4.62. The molecule has 0 spiro atoms. The van der Waals surface area contributed by atoms with Crippen molar-refractivity contribution in [1.82, 2.24) is 9.78 Å². The second-order valence-electron chi connectivity index (χ2n) is 3.59. The third kappa shape index (κ3) is 1.71. The predicted molar refractivity (Wildman–Crippen MR) is 50.7 cm³/mol. The molecular formula is C9H13N3O2. The second kappa shape index (κ2) is 3.32. The number of carbonyl (C=O) groups excluding carboxylic acids is 1. The zero-order chi connectivity index (χ0) is 10.1. The monoisotopic (exact) mass is 195 g/mol. The maximum atomic E-state index is 11.2. The standard InChI is InChI=1S/C9H13N3O2/c1-14-9(13)8-7(10)5-12(11-8)4-6-2-3-6/h5-6H,2-4,10H2,1H3. The Bertz CT molecular complexity index is 355. The number of hydrogen-bond acceptors (Lipinski definition) is 4. The van der Waals surface area contributed by atoms with Gasteiger partial charge in [-0.05, 0) is 18.8 Å². The maximum Gasteiger partial charge on any atom is 0.360 e. The number of esters is 1. The van der Waals surface area contributed by atoms with Crippen LogP contribution >= 0.6 is 0 Å². The summed E-state index contributed by atoms with van der Waals surface area (Å²) >= 11 is 0. The molecule has 1 fully saturated rings. The summed E-state index contributed by atoms with van der Waals surface area (Å²) in [5, 5.41) is 4.08. The van der Waals surface area contributed by atoms with E-state index < -0.39 is 5.97 Å². The van der Waals surface area contributed by atoms with Gasteiger partial charge in [-0.1, -0.05) is 0 Å². The molecule has 5 heteroatoms. The highest BCUT2D eigenvalue weighted by Crippen LogP contribution is 2.30. The molecule has 1 saturated carbocycles. The minimum atomic E-state index is -0.475. The molecular weight excluding hydrogens is 182 g/mol. The summed E-state index contributed by atoms with van der Waals surface area (Å²) < 4.78 is 6.28. The van der Waals surface area contributed by atoms with Crippen molar-refractivity contribution in [2.45, 2.75) is 19.4 Å². The third-order valence-corrected chi connectivity index (χ3v) is 2.31. The van der Waals surface area contributed by atoms with E-state index in [1.807, 2.05) is 0 Å². The first kappa shape index (κ1) is 9.05. The summed E-state index contributed by atoms with van der Waals surface area (Å²) in [6, 6.07) is 0. The van der Waals surface area contributed by atoms with Gasteiger partial charge in [0.25, 0.3) is 0 Å². The van der Waals surface area contributed by atoms with Gasteiger partial charge >= 0.3 is 5.97 Å². The van der Waals surface area contributed by atoms with E-state index in [9.17, 15) is 4.79 Å². The Labute approximate surface area is 81.8 Å². The van der Waals surface area contributed by atoms with Crippen LogP contribution in [-0.4, -0.2) is 22.9 Å². The van der Waals surface area contributed by atoms with Crippen molar-refractivity contribution in [2.24, 2.45) is 5.92 Å². The van der Waals surface area contributed by atoms with Gasteiger partial charge in [0, 0.05) is 12.7 Å². The lowest BCUT2D eigenvalue weighted by Crippen LogP contribution is -2.07. The normalized spacial score (nSPS) is 15.5. The Balaban J connectivity index is 2.15. The number of aromatic nitrogens is 2. The van der Waals surface area contributed by atoms with Crippen molar-refractivity contribution < 1.29 is 9.53 Å². The number of ether oxygens (including phenoxy) is 1. The summed E-state index contributed by atoms with van der Waals surface area (Å²) in [6.07, 6.45) is 4.17. The van der Waals surface area contributed by atoms with E-state index in [0.717, 1.165) is 6.54 Å². The molecule has 1 aromatic heterocycles. The molecule has 1 aliphatic rings. The molecule has 0 aliphatic heterocycles. The van der Waals surface area contributed by atoms with Crippen molar-refractivity contribution in [3.8, 4) is 0 Å². The van der Waals surface area contributed by atoms with Crippen molar-refractivity contribution >= 4 is 11.7 Å². The lowest BCUT2D eigenvalue weighted by atomic mass is 10.4. The molecule has 0 saturated heterocycles. The van der Waals surface area contributed by atoms with Gasteiger partial charge < -0.3 is 10.5 Å². The van der Waals surface area contributed by atoms with Crippen LogP contribution in [-0.2, 0) is 11.3 Å². The van der Waals surface area contributed by atoms with E-state index in [4.69, 9.17) is 5.73 Å². The molecule has 1 aromatic rings. The summed E-state index contributed by atoms with van der Waals surface area (Å²) in [6.45, 7) is 0.848. The molecule has 2 N–H and O–H groups in total. The molecule has 0 atom stereocenters. The highest BCUT2D eigenvalue weighted by atomic mass is 16.5. The fourth-order valence-corrected chi connectivity index (χ4v) is 1.35. The van der Waals surface area contributed by atoms with Crippen LogP contribution in [0.15, 0.2) is 6.20 Å². The van der Waals surface area contributed by atoms with E-state index in [1.54, 1.807) is 10.9 Å². The molecule has 0 radical (unpaired) electrons. The fourth-order valence-electron chi connectivity index (χ4n) is 1.35. The average Bonchev–Trinajstić information content (AvgIpc) is 2.89. The molecule has 76 valence electrons.